The highest BCUT2D eigenvalue weighted by molar-refractivity contribution is 5.88. The number of esters is 1. The summed E-state index contributed by atoms with van der Waals surface area (Å²) < 4.78 is 5.26. The summed E-state index contributed by atoms with van der Waals surface area (Å²) in [6, 6.07) is 27.7. The molecule has 0 heterocycles. The second-order valence-electron chi connectivity index (χ2n) is 5.67. The summed E-state index contributed by atoms with van der Waals surface area (Å²) in [5.41, 5.74) is 3.47. The fourth-order valence-electron chi connectivity index (χ4n) is 2.46. The Morgan fingerprint density at radius 1 is 0.760 bits per heavy atom. The Morgan fingerprint density at radius 3 is 1.64 bits per heavy atom. The molecule has 3 rings (SSSR count). The number of carbonyl (C=O) groups is 1. The van der Waals surface area contributed by atoms with Crippen LogP contribution in [0.4, 0.5) is 17.1 Å². The first-order valence-corrected chi connectivity index (χ1v) is 8.03. The maximum atomic E-state index is 11.6. The maximum Gasteiger partial charge on any atom is 0.338 e. The first-order valence-electron chi connectivity index (χ1n) is 8.03. The van der Waals surface area contributed by atoms with Gasteiger partial charge in [-0.1, -0.05) is 43.0 Å². The summed E-state index contributed by atoms with van der Waals surface area (Å²) in [6.07, 6.45) is 0. The van der Waals surface area contributed by atoms with Gasteiger partial charge in [-0.2, -0.15) is 0 Å². The maximum absolute atomic E-state index is 11.6. The summed E-state index contributed by atoms with van der Waals surface area (Å²) >= 11 is 0. The van der Waals surface area contributed by atoms with Gasteiger partial charge in [0.15, 0.2) is 0 Å². The molecule has 0 spiro atoms. The molecule has 3 nitrogen and oxygen atoms in total. The zero-order valence-electron chi connectivity index (χ0n) is 14.1. The van der Waals surface area contributed by atoms with Crippen molar-refractivity contribution in [2.75, 3.05) is 4.90 Å². The minimum absolute atomic E-state index is 0.374. The van der Waals surface area contributed by atoms with Gasteiger partial charge in [0.2, 0.25) is 0 Å². The van der Waals surface area contributed by atoms with Crippen LogP contribution < -0.4 is 9.64 Å². The summed E-state index contributed by atoms with van der Waals surface area (Å²) in [7, 11) is 0. The lowest BCUT2D eigenvalue weighted by atomic mass is 10.2. The van der Waals surface area contributed by atoms with Gasteiger partial charge in [-0.05, 0) is 55.5 Å². The molecule has 0 aliphatic rings. The van der Waals surface area contributed by atoms with Crippen molar-refractivity contribution in [1.29, 1.82) is 0 Å². The number of nitrogens with zero attached hydrogens (tertiary/aromatic N) is 1. The van der Waals surface area contributed by atoms with Crippen molar-refractivity contribution in [3.8, 4) is 5.75 Å². The fourth-order valence-corrected chi connectivity index (χ4v) is 2.46. The standard InChI is InChI=1S/C22H19NO2/c1-17(2)22(24)25-21-15-13-20(14-16-21)23(18-9-5-3-6-10-18)19-11-7-4-8-12-19/h3-16H,1H2,2H3. The van der Waals surface area contributed by atoms with E-state index in [0.29, 0.717) is 11.3 Å². The van der Waals surface area contributed by atoms with Gasteiger partial charge in [0, 0.05) is 22.6 Å². The van der Waals surface area contributed by atoms with Crippen LogP contribution in [0.1, 0.15) is 6.92 Å². The van der Waals surface area contributed by atoms with Crippen LogP contribution in [0.3, 0.4) is 0 Å². The van der Waals surface area contributed by atoms with Gasteiger partial charge < -0.3 is 9.64 Å². The molecule has 0 radical (unpaired) electrons. The summed E-state index contributed by atoms with van der Waals surface area (Å²) in [6.45, 7) is 5.22. The highest BCUT2D eigenvalue weighted by Crippen LogP contribution is 2.34. The number of ether oxygens (including phenoxy) is 1. The van der Waals surface area contributed by atoms with Crippen LogP contribution in [0.15, 0.2) is 97.1 Å². The molecule has 25 heavy (non-hydrogen) atoms. The van der Waals surface area contributed by atoms with Gasteiger partial charge in [0.1, 0.15) is 5.75 Å². The molecule has 0 amide bonds. The van der Waals surface area contributed by atoms with Crippen molar-refractivity contribution in [1.82, 2.24) is 0 Å². The first kappa shape index (κ1) is 16.5. The Balaban J connectivity index is 1.94. The van der Waals surface area contributed by atoms with Crippen LogP contribution >= 0.6 is 0 Å². The summed E-state index contributed by atoms with van der Waals surface area (Å²) in [4.78, 5) is 13.8. The molecule has 0 fully saturated rings. The summed E-state index contributed by atoms with van der Waals surface area (Å²) in [5, 5.41) is 0. The smallest absolute Gasteiger partial charge is 0.338 e. The Hall–Kier alpha value is -3.33. The predicted octanol–water partition coefficient (Wildman–Crippen LogP) is 5.64. The van der Waals surface area contributed by atoms with Gasteiger partial charge in [0.05, 0.1) is 0 Å². The van der Waals surface area contributed by atoms with Crippen molar-refractivity contribution < 1.29 is 9.53 Å². The normalized spacial score (nSPS) is 10.1. The van der Waals surface area contributed by atoms with Gasteiger partial charge in [0.25, 0.3) is 0 Å². The lowest BCUT2D eigenvalue weighted by Crippen LogP contribution is -2.10. The van der Waals surface area contributed by atoms with Gasteiger partial charge in [-0.25, -0.2) is 4.79 Å². The molecule has 3 aromatic carbocycles. The van der Waals surface area contributed by atoms with Crippen LogP contribution in [-0.4, -0.2) is 5.97 Å². The van der Waals surface area contributed by atoms with E-state index >= 15 is 0 Å². The molecule has 0 unspecified atom stereocenters. The Morgan fingerprint density at radius 2 is 1.20 bits per heavy atom. The topological polar surface area (TPSA) is 29.5 Å². The molecule has 0 N–H and O–H groups in total. The number of hydrogen-bond donors (Lipinski definition) is 0. The number of para-hydroxylation sites is 2. The third kappa shape index (κ3) is 3.96. The second kappa shape index (κ2) is 7.49. The third-order valence-electron chi connectivity index (χ3n) is 3.68. The number of rotatable bonds is 5. The minimum Gasteiger partial charge on any atom is -0.423 e. The van der Waals surface area contributed by atoms with E-state index in [2.05, 4.69) is 35.7 Å². The van der Waals surface area contributed by atoms with Crippen molar-refractivity contribution in [3.05, 3.63) is 97.1 Å². The van der Waals surface area contributed by atoms with Crippen molar-refractivity contribution in [3.63, 3.8) is 0 Å². The Bertz CT molecular complexity index is 816. The number of benzene rings is 3. The second-order valence-corrected chi connectivity index (χ2v) is 5.67. The fraction of sp³-hybridized carbons (Fsp3) is 0.0455. The van der Waals surface area contributed by atoms with E-state index in [-0.39, 0.29) is 0 Å². The predicted molar refractivity (Wildman–Crippen MR) is 102 cm³/mol. The average Bonchev–Trinajstić information content (AvgIpc) is 2.65. The third-order valence-corrected chi connectivity index (χ3v) is 3.68. The van der Waals surface area contributed by atoms with E-state index in [1.807, 2.05) is 48.5 Å². The molecule has 3 heteroatoms. The molecule has 0 bridgehead atoms. The van der Waals surface area contributed by atoms with Crippen LogP contribution in [0.25, 0.3) is 0 Å². The highest BCUT2D eigenvalue weighted by atomic mass is 16.5. The van der Waals surface area contributed by atoms with Crippen LogP contribution in [0, 0.1) is 0 Å². The number of carbonyl (C=O) groups excluding carboxylic acids is 1. The lowest BCUT2D eigenvalue weighted by molar-refractivity contribution is -0.130. The van der Waals surface area contributed by atoms with E-state index < -0.39 is 5.97 Å². The Labute approximate surface area is 147 Å². The highest BCUT2D eigenvalue weighted by Gasteiger charge is 2.12. The number of anilines is 3. The average molecular weight is 329 g/mol. The molecule has 0 aliphatic heterocycles. The van der Waals surface area contributed by atoms with Gasteiger partial charge >= 0.3 is 5.97 Å². The number of hydrogen-bond acceptors (Lipinski definition) is 3. The molecule has 0 saturated carbocycles. The molecule has 0 saturated heterocycles. The molecular formula is C22H19NO2. The molecule has 0 aromatic heterocycles. The monoisotopic (exact) mass is 329 g/mol. The van der Waals surface area contributed by atoms with E-state index in [1.165, 1.54) is 0 Å². The molecule has 3 aromatic rings. The van der Waals surface area contributed by atoms with E-state index in [4.69, 9.17) is 4.74 Å². The SMILES string of the molecule is C=C(C)C(=O)Oc1ccc(N(c2ccccc2)c2ccccc2)cc1. The molecule has 124 valence electrons. The Kier molecular flexibility index (Phi) is 4.95. The van der Waals surface area contributed by atoms with Crippen LogP contribution in [0.5, 0.6) is 5.75 Å². The zero-order chi connectivity index (χ0) is 17.6. The van der Waals surface area contributed by atoms with Crippen molar-refractivity contribution >= 4 is 23.0 Å². The first-order chi connectivity index (χ1) is 12.1. The van der Waals surface area contributed by atoms with E-state index in [1.54, 1.807) is 19.1 Å². The largest absolute Gasteiger partial charge is 0.423 e. The van der Waals surface area contributed by atoms with Crippen molar-refractivity contribution in [2.45, 2.75) is 6.92 Å². The van der Waals surface area contributed by atoms with Gasteiger partial charge in [-0.15, -0.1) is 0 Å². The van der Waals surface area contributed by atoms with Crippen molar-refractivity contribution in [2.24, 2.45) is 0 Å². The van der Waals surface area contributed by atoms with Crippen LogP contribution in [0.2, 0.25) is 0 Å². The van der Waals surface area contributed by atoms with Crippen LogP contribution in [-0.2, 0) is 4.79 Å². The quantitative estimate of drug-likeness (QED) is 0.345. The van der Waals surface area contributed by atoms with E-state index in [0.717, 1.165) is 17.1 Å². The molecule has 0 atom stereocenters. The minimum atomic E-state index is -0.421. The zero-order valence-corrected chi connectivity index (χ0v) is 14.1. The lowest BCUT2D eigenvalue weighted by Gasteiger charge is -2.25. The summed E-state index contributed by atoms with van der Waals surface area (Å²) in [5.74, 6) is 0.0774. The molecule has 0 aliphatic carbocycles. The van der Waals surface area contributed by atoms with Gasteiger partial charge in [-0.3, -0.25) is 0 Å². The molecular weight excluding hydrogens is 310 g/mol. The van der Waals surface area contributed by atoms with E-state index in [9.17, 15) is 4.79 Å².